The Hall–Kier alpha value is -2.86. The van der Waals surface area contributed by atoms with Crippen molar-refractivity contribution in [2.24, 2.45) is 5.92 Å². The number of amides is 1. The molecule has 2 unspecified atom stereocenters. The van der Waals surface area contributed by atoms with Gasteiger partial charge in [-0.25, -0.2) is 4.79 Å². The number of aromatic nitrogens is 1. The van der Waals surface area contributed by atoms with Gasteiger partial charge in [0.15, 0.2) is 5.58 Å². The van der Waals surface area contributed by atoms with E-state index in [2.05, 4.69) is 29.3 Å². The molecule has 1 amide bonds. The molecule has 0 bridgehead atoms. The van der Waals surface area contributed by atoms with E-state index in [1.165, 1.54) is 23.0 Å². The van der Waals surface area contributed by atoms with Gasteiger partial charge in [0, 0.05) is 18.8 Å². The first-order valence-corrected chi connectivity index (χ1v) is 10.2. The summed E-state index contributed by atoms with van der Waals surface area (Å²) in [7, 11) is 0. The molecule has 1 N–H and O–H groups in total. The summed E-state index contributed by atoms with van der Waals surface area (Å²) in [6.07, 6.45) is 2.57. The molecule has 0 aliphatic carbocycles. The van der Waals surface area contributed by atoms with Gasteiger partial charge in [-0.3, -0.25) is 14.3 Å². The second-order valence-corrected chi connectivity index (χ2v) is 8.05. The van der Waals surface area contributed by atoms with Crippen LogP contribution in [0.1, 0.15) is 38.3 Å². The molecular weight excluding hydrogens is 366 g/mol. The summed E-state index contributed by atoms with van der Waals surface area (Å²) < 4.78 is 6.62. The Morgan fingerprint density at radius 1 is 1.21 bits per heavy atom. The minimum atomic E-state index is -0.680. The molecule has 1 aliphatic rings. The van der Waals surface area contributed by atoms with Gasteiger partial charge in [0.1, 0.15) is 6.04 Å². The lowest BCUT2D eigenvalue weighted by molar-refractivity contribution is -0.118. The van der Waals surface area contributed by atoms with Crippen LogP contribution >= 0.6 is 0 Å². The Balaban J connectivity index is 1.42. The van der Waals surface area contributed by atoms with Crippen LogP contribution in [0.3, 0.4) is 0 Å². The zero-order valence-electron chi connectivity index (χ0n) is 16.9. The number of nitrogens with zero attached hydrogens (tertiary/aromatic N) is 2. The van der Waals surface area contributed by atoms with Crippen LogP contribution in [-0.4, -0.2) is 28.5 Å². The molecule has 2 aromatic carbocycles. The summed E-state index contributed by atoms with van der Waals surface area (Å²) in [5, 5.41) is 2.91. The highest BCUT2D eigenvalue weighted by Crippen LogP contribution is 2.20. The second kappa shape index (κ2) is 8.25. The molecule has 1 fully saturated rings. The highest BCUT2D eigenvalue weighted by molar-refractivity contribution is 5.94. The fraction of sp³-hybridized carbons (Fsp3) is 0.391. The first kappa shape index (κ1) is 19.5. The van der Waals surface area contributed by atoms with Crippen molar-refractivity contribution in [2.45, 2.75) is 39.3 Å². The topological polar surface area (TPSA) is 67.5 Å². The van der Waals surface area contributed by atoms with Crippen LogP contribution < -0.4 is 11.1 Å². The van der Waals surface area contributed by atoms with E-state index in [0.29, 0.717) is 11.1 Å². The molecule has 3 aromatic rings. The third-order valence-corrected chi connectivity index (χ3v) is 5.65. The molecule has 0 saturated carbocycles. The van der Waals surface area contributed by atoms with Crippen molar-refractivity contribution in [3.05, 3.63) is 64.6 Å². The van der Waals surface area contributed by atoms with Crippen LogP contribution in [0.5, 0.6) is 0 Å². The van der Waals surface area contributed by atoms with E-state index in [1.54, 1.807) is 25.1 Å². The van der Waals surface area contributed by atoms with E-state index >= 15 is 0 Å². The van der Waals surface area contributed by atoms with E-state index in [4.69, 9.17) is 4.42 Å². The third-order valence-electron chi connectivity index (χ3n) is 5.65. The van der Waals surface area contributed by atoms with E-state index < -0.39 is 11.8 Å². The Morgan fingerprint density at radius 2 is 1.97 bits per heavy atom. The van der Waals surface area contributed by atoms with E-state index in [9.17, 15) is 9.59 Å². The van der Waals surface area contributed by atoms with Gasteiger partial charge in [-0.05, 0) is 62.1 Å². The Kier molecular flexibility index (Phi) is 5.53. The molecule has 0 spiro atoms. The Labute approximate surface area is 170 Å². The molecule has 4 rings (SSSR count). The summed E-state index contributed by atoms with van der Waals surface area (Å²) in [6, 6.07) is 14.4. The molecule has 2 heterocycles. The normalized spacial score (nSPS) is 18.6. The van der Waals surface area contributed by atoms with Crippen molar-refractivity contribution < 1.29 is 9.21 Å². The smallest absolute Gasteiger partial charge is 0.408 e. The van der Waals surface area contributed by atoms with Crippen molar-refractivity contribution in [3.63, 3.8) is 0 Å². The summed E-state index contributed by atoms with van der Waals surface area (Å²) in [5.41, 5.74) is 3.06. The fourth-order valence-corrected chi connectivity index (χ4v) is 4.10. The van der Waals surface area contributed by atoms with Gasteiger partial charge >= 0.3 is 5.76 Å². The molecular formula is C23H27N3O3. The first-order chi connectivity index (χ1) is 14.0. The number of carbonyl (C=O) groups excluding carboxylic acids is 1. The molecule has 6 nitrogen and oxygen atoms in total. The van der Waals surface area contributed by atoms with Crippen LogP contribution in [0.2, 0.25) is 0 Å². The van der Waals surface area contributed by atoms with E-state index in [0.717, 1.165) is 31.2 Å². The number of oxazole rings is 1. The van der Waals surface area contributed by atoms with Crippen LogP contribution in [0.15, 0.2) is 57.7 Å². The number of benzene rings is 2. The van der Waals surface area contributed by atoms with Gasteiger partial charge in [-0.15, -0.1) is 0 Å². The number of rotatable bonds is 5. The number of nitrogens with one attached hydrogen (secondary N) is 1. The summed E-state index contributed by atoms with van der Waals surface area (Å²) in [6.45, 7) is 7.23. The number of para-hydroxylation sites is 2. The van der Waals surface area contributed by atoms with Gasteiger partial charge in [0.2, 0.25) is 5.91 Å². The molecule has 6 heteroatoms. The van der Waals surface area contributed by atoms with Gasteiger partial charge in [-0.2, -0.15) is 0 Å². The van der Waals surface area contributed by atoms with Gasteiger partial charge in [-0.1, -0.05) is 31.2 Å². The maximum Gasteiger partial charge on any atom is 0.420 e. The zero-order chi connectivity index (χ0) is 20.4. The molecule has 152 valence electrons. The standard InChI is InChI=1S/C23H27N3O3/c1-16-6-5-13-25(14-16)15-18-9-11-19(12-10-18)24-22(27)17(2)26-20-7-3-4-8-21(20)29-23(26)28/h3-4,7-12,16-17H,5-6,13-15H2,1-2H3,(H,24,27). The molecule has 29 heavy (non-hydrogen) atoms. The average molecular weight is 393 g/mol. The van der Waals surface area contributed by atoms with Gasteiger partial charge in [0.25, 0.3) is 0 Å². The largest absolute Gasteiger partial charge is 0.420 e. The lowest BCUT2D eigenvalue weighted by Crippen LogP contribution is -2.33. The number of hydrogen-bond acceptors (Lipinski definition) is 4. The average Bonchev–Trinajstić information content (AvgIpc) is 3.04. The van der Waals surface area contributed by atoms with Crippen molar-refractivity contribution in [2.75, 3.05) is 18.4 Å². The monoisotopic (exact) mass is 393 g/mol. The maximum absolute atomic E-state index is 12.7. The van der Waals surface area contributed by atoms with Gasteiger partial charge in [0.05, 0.1) is 5.52 Å². The highest BCUT2D eigenvalue weighted by atomic mass is 16.4. The lowest BCUT2D eigenvalue weighted by atomic mass is 10.00. The van der Waals surface area contributed by atoms with Crippen molar-refractivity contribution in [1.82, 2.24) is 9.47 Å². The number of hydrogen-bond donors (Lipinski definition) is 1. The van der Waals surface area contributed by atoms with Crippen molar-refractivity contribution in [1.29, 1.82) is 0 Å². The van der Waals surface area contributed by atoms with Crippen molar-refractivity contribution >= 4 is 22.7 Å². The maximum atomic E-state index is 12.7. The lowest BCUT2D eigenvalue weighted by Gasteiger charge is -2.30. The first-order valence-electron chi connectivity index (χ1n) is 10.2. The minimum Gasteiger partial charge on any atom is -0.408 e. The molecule has 1 aliphatic heterocycles. The molecule has 1 aromatic heterocycles. The fourth-order valence-electron chi connectivity index (χ4n) is 4.10. The molecule has 2 atom stereocenters. The zero-order valence-corrected chi connectivity index (χ0v) is 16.9. The third kappa shape index (κ3) is 4.27. The highest BCUT2D eigenvalue weighted by Gasteiger charge is 2.21. The van der Waals surface area contributed by atoms with E-state index in [-0.39, 0.29) is 5.91 Å². The second-order valence-electron chi connectivity index (χ2n) is 8.05. The number of fused-ring (bicyclic) bond motifs is 1. The van der Waals surface area contributed by atoms with Crippen LogP contribution in [0.25, 0.3) is 11.1 Å². The summed E-state index contributed by atoms with van der Waals surface area (Å²) in [5.74, 6) is -0.0255. The predicted octanol–water partition coefficient (Wildman–Crippen LogP) is 4.03. The summed E-state index contributed by atoms with van der Waals surface area (Å²) in [4.78, 5) is 27.4. The Morgan fingerprint density at radius 3 is 2.72 bits per heavy atom. The predicted molar refractivity (Wildman–Crippen MR) is 114 cm³/mol. The minimum absolute atomic E-state index is 0.253. The van der Waals surface area contributed by atoms with Gasteiger partial charge < -0.3 is 9.73 Å². The molecule has 0 radical (unpaired) electrons. The number of piperidine rings is 1. The molecule has 1 saturated heterocycles. The number of carbonyl (C=O) groups is 1. The van der Waals surface area contributed by atoms with Crippen LogP contribution in [0, 0.1) is 5.92 Å². The van der Waals surface area contributed by atoms with Crippen LogP contribution in [-0.2, 0) is 11.3 Å². The quantitative estimate of drug-likeness (QED) is 0.711. The Bertz CT molecular complexity index is 1050. The number of anilines is 1. The number of likely N-dealkylation sites (tertiary alicyclic amines) is 1. The van der Waals surface area contributed by atoms with Crippen LogP contribution in [0.4, 0.5) is 5.69 Å². The van der Waals surface area contributed by atoms with E-state index in [1.807, 2.05) is 18.2 Å². The summed E-state index contributed by atoms with van der Waals surface area (Å²) >= 11 is 0. The SMILES string of the molecule is CC1CCCN(Cc2ccc(NC(=O)C(C)n3c(=O)oc4ccccc43)cc2)C1. The van der Waals surface area contributed by atoms with Crippen molar-refractivity contribution in [3.8, 4) is 0 Å².